The van der Waals surface area contributed by atoms with Crippen molar-refractivity contribution in [3.8, 4) is 0 Å². The highest BCUT2D eigenvalue weighted by Crippen LogP contribution is 2.15. The maximum Gasteiger partial charge on any atom is 0.254 e. The highest BCUT2D eigenvalue weighted by Gasteiger charge is 2.26. The Morgan fingerprint density at radius 3 is 2.32 bits per heavy atom. The first-order valence-corrected chi connectivity index (χ1v) is 9.87. The summed E-state index contributed by atoms with van der Waals surface area (Å²) in [4.78, 5) is 18.8. The Labute approximate surface area is 186 Å². The van der Waals surface area contributed by atoms with Crippen molar-refractivity contribution in [3.63, 3.8) is 0 Å². The molecule has 1 aliphatic heterocycles. The van der Waals surface area contributed by atoms with Crippen LogP contribution in [0.2, 0.25) is 0 Å². The van der Waals surface area contributed by atoms with Crippen LogP contribution in [0.25, 0.3) is 0 Å². The van der Waals surface area contributed by atoms with Crippen LogP contribution in [0, 0.1) is 5.92 Å². The van der Waals surface area contributed by atoms with E-state index >= 15 is 0 Å². The van der Waals surface area contributed by atoms with Gasteiger partial charge in [0, 0.05) is 38.8 Å². The van der Waals surface area contributed by atoms with Crippen LogP contribution in [-0.2, 0) is 11.3 Å². The highest BCUT2D eigenvalue weighted by molar-refractivity contribution is 14.0. The van der Waals surface area contributed by atoms with Crippen molar-refractivity contribution in [2.45, 2.75) is 52.9 Å². The summed E-state index contributed by atoms with van der Waals surface area (Å²) >= 11 is 0. The Balaban J connectivity index is 0.00000392. The summed E-state index contributed by atoms with van der Waals surface area (Å²) < 4.78 is 5.71. The van der Waals surface area contributed by atoms with E-state index in [0.717, 1.165) is 30.1 Å². The van der Waals surface area contributed by atoms with Crippen LogP contribution in [0.4, 0.5) is 0 Å². The molecule has 0 saturated carbocycles. The van der Waals surface area contributed by atoms with Crippen LogP contribution in [0.5, 0.6) is 0 Å². The van der Waals surface area contributed by atoms with Gasteiger partial charge >= 0.3 is 0 Å². The third kappa shape index (κ3) is 7.95. The lowest BCUT2D eigenvalue weighted by Crippen LogP contribution is -2.48. The molecule has 0 radical (unpaired) electrons. The molecule has 0 spiro atoms. The van der Waals surface area contributed by atoms with Gasteiger partial charge in [-0.05, 0) is 43.9 Å². The maximum absolute atomic E-state index is 12.7. The Morgan fingerprint density at radius 2 is 1.79 bits per heavy atom. The zero-order chi connectivity index (χ0) is 19.8. The molecule has 6 nitrogen and oxygen atoms in total. The van der Waals surface area contributed by atoms with Gasteiger partial charge < -0.3 is 20.3 Å². The highest BCUT2D eigenvalue weighted by atomic mass is 127. The molecule has 2 rings (SSSR count). The van der Waals surface area contributed by atoms with Crippen molar-refractivity contribution < 1.29 is 9.53 Å². The van der Waals surface area contributed by atoms with Crippen molar-refractivity contribution in [2.75, 3.05) is 26.7 Å². The Morgan fingerprint density at radius 1 is 1.18 bits per heavy atom. The summed E-state index contributed by atoms with van der Waals surface area (Å²) in [5.74, 6) is 1.54. The van der Waals surface area contributed by atoms with Crippen molar-refractivity contribution in [2.24, 2.45) is 10.9 Å². The number of ether oxygens (including phenoxy) is 1. The second-order valence-electron chi connectivity index (χ2n) is 7.70. The number of carbonyl (C=O) groups excluding carboxylic acids is 1. The lowest BCUT2D eigenvalue weighted by molar-refractivity contribution is -0.0586. The van der Waals surface area contributed by atoms with Crippen molar-refractivity contribution in [3.05, 3.63) is 35.4 Å². The van der Waals surface area contributed by atoms with Crippen LogP contribution in [0.3, 0.4) is 0 Å². The van der Waals surface area contributed by atoms with E-state index < -0.39 is 0 Å². The molecule has 0 aromatic heterocycles. The minimum absolute atomic E-state index is 0. The van der Waals surface area contributed by atoms with Gasteiger partial charge in [-0.2, -0.15) is 0 Å². The number of amides is 1. The average molecular weight is 502 g/mol. The van der Waals surface area contributed by atoms with Gasteiger partial charge in [0.2, 0.25) is 0 Å². The molecule has 2 unspecified atom stereocenters. The van der Waals surface area contributed by atoms with Gasteiger partial charge in [-0.3, -0.25) is 9.79 Å². The molecule has 1 fully saturated rings. The summed E-state index contributed by atoms with van der Waals surface area (Å²) in [5, 5.41) is 6.63. The number of carbonyl (C=O) groups is 1. The molecule has 1 saturated heterocycles. The van der Waals surface area contributed by atoms with Crippen LogP contribution >= 0.6 is 24.0 Å². The Hall–Kier alpha value is -1.35. The minimum Gasteiger partial charge on any atom is -0.372 e. The topological polar surface area (TPSA) is 66.0 Å². The van der Waals surface area contributed by atoms with E-state index in [0.29, 0.717) is 25.6 Å². The standard InChI is InChI=1S/C21H34N4O2.HI/c1-15(2)10-11-23-21(22-5)24-12-18-6-8-19(9-7-18)20(26)25-13-16(3)27-17(4)14-25;/h6-9,15-17H,10-14H2,1-5H3,(H2,22,23,24);1H. The Kier molecular flexibility index (Phi) is 10.8. The quantitative estimate of drug-likeness (QED) is 0.356. The normalized spacial score (nSPS) is 19.9. The molecular formula is C21H35IN4O2. The largest absolute Gasteiger partial charge is 0.372 e. The molecule has 1 heterocycles. The predicted molar refractivity (Wildman–Crippen MR) is 125 cm³/mol. The molecule has 1 aromatic carbocycles. The number of nitrogens with zero attached hydrogens (tertiary/aromatic N) is 2. The van der Waals surface area contributed by atoms with Gasteiger partial charge in [0.15, 0.2) is 5.96 Å². The van der Waals surface area contributed by atoms with E-state index in [1.165, 1.54) is 0 Å². The summed E-state index contributed by atoms with van der Waals surface area (Å²) in [6.07, 6.45) is 1.27. The van der Waals surface area contributed by atoms with E-state index in [-0.39, 0.29) is 42.1 Å². The second-order valence-corrected chi connectivity index (χ2v) is 7.70. The predicted octanol–water partition coefficient (Wildman–Crippen LogP) is 3.27. The smallest absolute Gasteiger partial charge is 0.254 e. The second kappa shape index (κ2) is 12.3. The van der Waals surface area contributed by atoms with Gasteiger partial charge in [-0.15, -0.1) is 24.0 Å². The van der Waals surface area contributed by atoms with Crippen LogP contribution in [0.15, 0.2) is 29.3 Å². The number of hydrogen-bond acceptors (Lipinski definition) is 3. The van der Waals surface area contributed by atoms with Gasteiger partial charge in [0.25, 0.3) is 5.91 Å². The molecule has 1 aliphatic rings. The number of aliphatic imine (C=N–C) groups is 1. The van der Waals surface area contributed by atoms with Crippen molar-refractivity contribution in [1.29, 1.82) is 0 Å². The van der Waals surface area contributed by atoms with Gasteiger partial charge in [-0.1, -0.05) is 26.0 Å². The first-order chi connectivity index (χ1) is 12.9. The first kappa shape index (κ1) is 24.7. The lowest BCUT2D eigenvalue weighted by Gasteiger charge is -2.35. The van der Waals surface area contributed by atoms with E-state index in [1.807, 2.05) is 43.0 Å². The number of rotatable bonds is 6. The molecule has 7 heteroatoms. The molecular weight excluding hydrogens is 467 g/mol. The summed E-state index contributed by atoms with van der Waals surface area (Å²) in [5.41, 5.74) is 1.83. The van der Waals surface area contributed by atoms with E-state index in [2.05, 4.69) is 29.5 Å². The number of benzene rings is 1. The summed E-state index contributed by atoms with van der Waals surface area (Å²) in [6, 6.07) is 7.79. The van der Waals surface area contributed by atoms with E-state index in [9.17, 15) is 4.79 Å². The molecule has 158 valence electrons. The van der Waals surface area contributed by atoms with Gasteiger partial charge in [0.1, 0.15) is 0 Å². The SMILES string of the molecule is CN=C(NCCC(C)C)NCc1ccc(C(=O)N2CC(C)OC(C)C2)cc1.I. The third-order valence-corrected chi connectivity index (χ3v) is 4.61. The number of nitrogens with one attached hydrogen (secondary N) is 2. The zero-order valence-corrected chi connectivity index (χ0v) is 20.0. The minimum atomic E-state index is 0. The van der Waals surface area contributed by atoms with Crippen LogP contribution in [-0.4, -0.2) is 55.7 Å². The molecule has 1 aromatic rings. The monoisotopic (exact) mass is 502 g/mol. The van der Waals surface area contributed by atoms with Crippen LogP contribution < -0.4 is 10.6 Å². The number of hydrogen-bond donors (Lipinski definition) is 2. The van der Waals surface area contributed by atoms with Gasteiger partial charge in [-0.25, -0.2) is 0 Å². The average Bonchev–Trinajstić information content (AvgIpc) is 2.63. The molecule has 0 aliphatic carbocycles. The maximum atomic E-state index is 12.7. The van der Waals surface area contributed by atoms with Crippen molar-refractivity contribution >= 4 is 35.8 Å². The van der Waals surface area contributed by atoms with Gasteiger partial charge in [0.05, 0.1) is 12.2 Å². The van der Waals surface area contributed by atoms with E-state index in [1.54, 1.807) is 7.05 Å². The lowest BCUT2D eigenvalue weighted by atomic mass is 10.1. The zero-order valence-electron chi connectivity index (χ0n) is 17.7. The molecule has 0 bridgehead atoms. The fourth-order valence-corrected chi connectivity index (χ4v) is 3.18. The Bertz CT molecular complexity index is 624. The number of morpholine rings is 1. The number of guanidine groups is 1. The van der Waals surface area contributed by atoms with Crippen LogP contribution in [0.1, 0.15) is 50.0 Å². The first-order valence-electron chi connectivity index (χ1n) is 9.87. The fourth-order valence-electron chi connectivity index (χ4n) is 3.18. The third-order valence-electron chi connectivity index (χ3n) is 4.61. The van der Waals surface area contributed by atoms with Crippen molar-refractivity contribution in [1.82, 2.24) is 15.5 Å². The fraction of sp³-hybridized carbons (Fsp3) is 0.619. The molecule has 28 heavy (non-hydrogen) atoms. The summed E-state index contributed by atoms with van der Waals surface area (Å²) in [7, 11) is 1.77. The summed E-state index contributed by atoms with van der Waals surface area (Å²) in [6.45, 7) is 11.3. The molecule has 2 N–H and O–H groups in total. The molecule has 1 amide bonds. The molecule has 2 atom stereocenters. The van der Waals surface area contributed by atoms with E-state index in [4.69, 9.17) is 4.74 Å². The number of halogens is 1.